The van der Waals surface area contributed by atoms with Gasteiger partial charge in [0.15, 0.2) is 0 Å². The van der Waals surface area contributed by atoms with Crippen LogP contribution in [0.25, 0.3) is 0 Å². The molecule has 0 bridgehead atoms. The molecule has 1 amide bonds. The Balaban J connectivity index is 2.07. The van der Waals surface area contributed by atoms with Crippen LogP contribution in [-0.4, -0.2) is 25.5 Å². The Hall–Kier alpha value is -2.83. The maximum Gasteiger partial charge on any atom is 0.417 e. The highest BCUT2D eigenvalue weighted by molar-refractivity contribution is 6.08. The number of hydrogen-bond donors (Lipinski definition) is 0. The molecule has 0 aliphatic carbocycles. The molecule has 2 aromatic carbocycles. The zero-order chi connectivity index (χ0) is 18.9. The van der Waals surface area contributed by atoms with Gasteiger partial charge in [-0.2, -0.15) is 13.2 Å². The van der Waals surface area contributed by atoms with Crippen LogP contribution in [0, 0.1) is 0 Å². The van der Waals surface area contributed by atoms with E-state index < -0.39 is 29.2 Å². The Morgan fingerprint density at radius 1 is 1.04 bits per heavy atom. The number of hydrogen-bond acceptors (Lipinski definition) is 3. The number of halogens is 3. The van der Waals surface area contributed by atoms with Crippen LogP contribution in [0.4, 0.5) is 18.9 Å². The van der Waals surface area contributed by atoms with Crippen LogP contribution < -0.4 is 4.90 Å². The molecule has 0 saturated carbocycles. The van der Waals surface area contributed by atoms with E-state index in [1.807, 2.05) is 0 Å². The summed E-state index contributed by atoms with van der Waals surface area (Å²) in [7, 11) is 1.26. The number of anilines is 1. The standard InChI is InChI=1S/C19H16F3NO3/c1-26-18(25)13-7-4-10-16-12(13)8-5-11-23(16)17(24)14-6-2-3-9-15(14)19(20,21)22/h2-4,6-7,9-10H,5,8,11H2,1H3. The number of fused-ring (bicyclic) bond motifs is 1. The van der Waals surface area contributed by atoms with E-state index in [9.17, 15) is 22.8 Å². The molecule has 26 heavy (non-hydrogen) atoms. The lowest BCUT2D eigenvalue weighted by Gasteiger charge is -2.31. The zero-order valence-corrected chi connectivity index (χ0v) is 14.0. The third-order valence-corrected chi connectivity index (χ3v) is 4.36. The normalized spacial score (nSPS) is 13.9. The van der Waals surface area contributed by atoms with Crippen LogP contribution >= 0.6 is 0 Å². The highest BCUT2D eigenvalue weighted by Crippen LogP contribution is 2.35. The Morgan fingerprint density at radius 3 is 2.42 bits per heavy atom. The van der Waals surface area contributed by atoms with E-state index in [0.29, 0.717) is 29.7 Å². The Labute approximate surface area is 148 Å². The number of nitrogens with zero attached hydrogens (tertiary/aromatic N) is 1. The van der Waals surface area contributed by atoms with E-state index in [-0.39, 0.29) is 6.54 Å². The van der Waals surface area contributed by atoms with Crippen molar-refractivity contribution in [2.45, 2.75) is 19.0 Å². The van der Waals surface area contributed by atoms with Crippen molar-refractivity contribution in [3.8, 4) is 0 Å². The first-order chi connectivity index (χ1) is 12.3. The smallest absolute Gasteiger partial charge is 0.417 e. The summed E-state index contributed by atoms with van der Waals surface area (Å²) in [4.78, 5) is 26.1. The molecule has 3 rings (SSSR count). The fourth-order valence-corrected chi connectivity index (χ4v) is 3.20. The topological polar surface area (TPSA) is 46.6 Å². The lowest BCUT2D eigenvalue weighted by Crippen LogP contribution is -2.37. The Bertz CT molecular complexity index is 861. The molecule has 1 aliphatic heterocycles. The van der Waals surface area contributed by atoms with Gasteiger partial charge in [0, 0.05) is 12.2 Å². The molecule has 1 aliphatic rings. The molecule has 7 heteroatoms. The average molecular weight is 363 g/mol. The Morgan fingerprint density at radius 2 is 1.73 bits per heavy atom. The minimum Gasteiger partial charge on any atom is -0.465 e. The summed E-state index contributed by atoms with van der Waals surface area (Å²) < 4.78 is 44.5. The molecule has 0 saturated heterocycles. The number of esters is 1. The summed E-state index contributed by atoms with van der Waals surface area (Å²) in [5.41, 5.74) is 0.00809. The number of alkyl halides is 3. The minimum atomic E-state index is -4.63. The van der Waals surface area contributed by atoms with Gasteiger partial charge in [-0.1, -0.05) is 18.2 Å². The van der Waals surface area contributed by atoms with Crippen LogP contribution in [0.2, 0.25) is 0 Å². The monoisotopic (exact) mass is 363 g/mol. The van der Waals surface area contributed by atoms with Gasteiger partial charge in [0.25, 0.3) is 5.91 Å². The number of carbonyl (C=O) groups is 2. The first kappa shape index (κ1) is 18.0. The molecule has 2 aromatic rings. The zero-order valence-electron chi connectivity index (χ0n) is 14.0. The van der Waals surface area contributed by atoms with Crippen molar-refractivity contribution < 1.29 is 27.5 Å². The fraction of sp³-hybridized carbons (Fsp3) is 0.263. The summed E-state index contributed by atoms with van der Waals surface area (Å²) in [6.07, 6.45) is -3.54. The van der Waals surface area contributed by atoms with Gasteiger partial charge in [0.05, 0.1) is 23.8 Å². The lowest BCUT2D eigenvalue weighted by atomic mass is 9.95. The van der Waals surface area contributed by atoms with E-state index in [2.05, 4.69) is 0 Å². The maximum absolute atomic E-state index is 13.3. The number of ether oxygens (including phenoxy) is 1. The third kappa shape index (κ3) is 3.16. The molecule has 0 unspecified atom stereocenters. The highest BCUT2D eigenvalue weighted by atomic mass is 19.4. The van der Waals surface area contributed by atoms with E-state index in [4.69, 9.17) is 4.74 Å². The van der Waals surface area contributed by atoms with Gasteiger partial charge in [0.1, 0.15) is 0 Å². The van der Waals surface area contributed by atoms with Crippen molar-refractivity contribution in [2.75, 3.05) is 18.6 Å². The van der Waals surface area contributed by atoms with Crippen LogP contribution in [0.3, 0.4) is 0 Å². The molecule has 0 radical (unpaired) electrons. The summed E-state index contributed by atoms with van der Waals surface area (Å²) in [6, 6.07) is 9.52. The van der Waals surface area contributed by atoms with Crippen LogP contribution in [0.1, 0.15) is 38.3 Å². The SMILES string of the molecule is COC(=O)c1cccc2c1CCCN2C(=O)c1ccccc1C(F)(F)F. The molecular formula is C19H16F3NO3. The van der Waals surface area contributed by atoms with E-state index in [0.717, 1.165) is 6.07 Å². The molecule has 0 N–H and O–H groups in total. The number of carbonyl (C=O) groups excluding carboxylic acids is 2. The second-order valence-corrected chi connectivity index (χ2v) is 5.90. The largest absolute Gasteiger partial charge is 0.465 e. The van der Waals surface area contributed by atoms with Gasteiger partial charge in [-0.05, 0) is 42.7 Å². The molecule has 0 atom stereocenters. The van der Waals surface area contributed by atoms with Crippen LogP contribution in [-0.2, 0) is 17.3 Å². The van der Waals surface area contributed by atoms with Gasteiger partial charge < -0.3 is 9.64 Å². The number of rotatable bonds is 2. The van der Waals surface area contributed by atoms with Gasteiger partial charge in [-0.15, -0.1) is 0 Å². The molecule has 136 valence electrons. The maximum atomic E-state index is 13.3. The summed E-state index contributed by atoms with van der Waals surface area (Å²) in [5.74, 6) is -1.27. The van der Waals surface area contributed by atoms with Crippen molar-refractivity contribution in [3.05, 3.63) is 64.7 Å². The molecule has 1 heterocycles. The molecule has 4 nitrogen and oxygen atoms in total. The van der Waals surface area contributed by atoms with E-state index in [1.54, 1.807) is 18.2 Å². The second kappa shape index (κ2) is 6.82. The fourth-order valence-electron chi connectivity index (χ4n) is 3.20. The number of benzene rings is 2. The first-order valence-electron chi connectivity index (χ1n) is 8.03. The van der Waals surface area contributed by atoms with Gasteiger partial charge >= 0.3 is 12.1 Å². The van der Waals surface area contributed by atoms with Crippen molar-refractivity contribution in [2.24, 2.45) is 0 Å². The third-order valence-electron chi connectivity index (χ3n) is 4.36. The lowest BCUT2D eigenvalue weighted by molar-refractivity contribution is -0.137. The van der Waals surface area contributed by atoms with E-state index >= 15 is 0 Å². The quantitative estimate of drug-likeness (QED) is 0.755. The second-order valence-electron chi connectivity index (χ2n) is 5.90. The predicted molar refractivity (Wildman–Crippen MR) is 89.2 cm³/mol. The number of amides is 1. The molecule has 0 spiro atoms. The average Bonchev–Trinajstić information content (AvgIpc) is 2.65. The molecule has 0 aromatic heterocycles. The van der Waals surface area contributed by atoms with Gasteiger partial charge in [0.2, 0.25) is 0 Å². The van der Waals surface area contributed by atoms with E-state index in [1.165, 1.54) is 30.2 Å². The number of methoxy groups -OCH3 is 1. The summed E-state index contributed by atoms with van der Waals surface area (Å²) >= 11 is 0. The molecular weight excluding hydrogens is 347 g/mol. The predicted octanol–water partition coefficient (Wildman–Crippen LogP) is 4.09. The van der Waals surface area contributed by atoms with Crippen molar-refractivity contribution in [1.82, 2.24) is 0 Å². The van der Waals surface area contributed by atoms with Gasteiger partial charge in [-0.3, -0.25) is 4.79 Å². The summed E-state index contributed by atoms with van der Waals surface area (Å²) in [6.45, 7) is 0.280. The Kier molecular flexibility index (Phi) is 4.71. The minimum absolute atomic E-state index is 0.280. The van der Waals surface area contributed by atoms with Crippen molar-refractivity contribution in [3.63, 3.8) is 0 Å². The van der Waals surface area contributed by atoms with Crippen LogP contribution in [0.5, 0.6) is 0 Å². The molecule has 0 fully saturated rings. The van der Waals surface area contributed by atoms with Crippen molar-refractivity contribution in [1.29, 1.82) is 0 Å². The highest BCUT2D eigenvalue weighted by Gasteiger charge is 2.37. The first-order valence-corrected chi connectivity index (χ1v) is 8.03. The van der Waals surface area contributed by atoms with Gasteiger partial charge in [-0.25, -0.2) is 4.79 Å². The summed E-state index contributed by atoms with van der Waals surface area (Å²) in [5, 5.41) is 0. The van der Waals surface area contributed by atoms with Crippen molar-refractivity contribution >= 4 is 17.6 Å². The van der Waals surface area contributed by atoms with Crippen LogP contribution in [0.15, 0.2) is 42.5 Å².